The first-order chi connectivity index (χ1) is 13.5. The van der Waals surface area contributed by atoms with E-state index in [1.165, 1.54) is 5.69 Å². The number of furan rings is 1. The number of rotatable bonds is 12. The van der Waals surface area contributed by atoms with Crippen LogP contribution in [0.25, 0.3) is 0 Å². The van der Waals surface area contributed by atoms with Crippen molar-refractivity contribution in [2.24, 2.45) is 0 Å². The molecule has 0 aromatic carbocycles. The topological polar surface area (TPSA) is 58.3 Å². The quantitative estimate of drug-likeness (QED) is 0.402. The van der Waals surface area contributed by atoms with Crippen LogP contribution in [0.5, 0.6) is 0 Å². The largest absolute Gasteiger partial charge is 0.464 e. The minimum atomic E-state index is 0.727. The number of hydrogen-bond donors (Lipinski definition) is 2. The van der Waals surface area contributed by atoms with Gasteiger partial charge in [0.15, 0.2) is 5.11 Å². The Morgan fingerprint density at radius 3 is 2.75 bits per heavy atom. The maximum atomic E-state index is 5.82. The van der Waals surface area contributed by atoms with Gasteiger partial charge in [-0.2, -0.15) is 11.8 Å². The molecule has 0 unspecified atom stereocenters. The van der Waals surface area contributed by atoms with Gasteiger partial charge in [-0.1, -0.05) is 6.92 Å². The molecule has 0 saturated heterocycles. The molecule has 0 fully saturated rings. The molecule has 156 valence electrons. The standard InChI is InChI=1S/C20H33N5OS2/c1-5-19-23-13-16(2)25(19)11-6-9-21-20(27)22-10-12-28-15-18-8-7-17(26-18)14-24(3)4/h7-8,13H,5-6,9-12,14-15H2,1-4H3,(H2,21,22,27). The molecule has 0 spiro atoms. The molecule has 2 rings (SSSR count). The fourth-order valence-corrected chi connectivity index (χ4v) is 3.86. The Morgan fingerprint density at radius 1 is 1.25 bits per heavy atom. The van der Waals surface area contributed by atoms with Crippen molar-refractivity contribution in [2.45, 2.75) is 45.5 Å². The first-order valence-electron chi connectivity index (χ1n) is 9.82. The molecule has 0 aliphatic rings. The molecule has 0 saturated carbocycles. The van der Waals surface area contributed by atoms with E-state index in [1.807, 2.05) is 32.1 Å². The van der Waals surface area contributed by atoms with Crippen molar-refractivity contribution >= 4 is 29.1 Å². The van der Waals surface area contributed by atoms with E-state index in [-0.39, 0.29) is 0 Å². The summed E-state index contributed by atoms with van der Waals surface area (Å²) in [6.07, 6.45) is 3.93. The van der Waals surface area contributed by atoms with Crippen LogP contribution in [0.1, 0.15) is 36.4 Å². The second-order valence-corrected chi connectivity index (χ2v) is 8.53. The predicted molar refractivity (Wildman–Crippen MR) is 122 cm³/mol. The Labute approximate surface area is 178 Å². The first kappa shape index (κ1) is 22.8. The molecule has 6 nitrogen and oxygen atoms in total. The van der Waals surface area contributed by atoms with E-state index in [0.717, 1.165) is 73.0 Å². The fraction of sp³-hybridized carbons (Fsp3) is 0.600. The van der Waals surface area contributed by atoms with Crippen LogP contribution in [0.2, 0.25) is 0 Å². The highest BCUT2D eigenvalue weighted by Crippen LogP contribution is 2.15. The summed E-state index contributed by atoms with van der Waals surface area (Å²) in [5, 5.41) is 7.28. The van der Waals surface area contributed by atoms with Gasteiger partial charge in [-0.25, -0.2) is 4.98 Å². The van der Waals surface area contributed by atoms with Crippen LogP contribution in [0.4, 0.5) is 0 Å². The second-order valence-electron chi connectivity index (χ2n) is 7.02. The van der Waals surface area contributed by atoms with E-state index in [1.54, 1.807) is 0 Å². The van der Waals surface area contributed by atoms with Gasteiger partial charge in [-0.3, -0.25) is 0 Å². The van der Waals surface area contributed by atoms with Crippen molar-refractivity contribution in [3.8, 4) is 0 Å². The number of imidazole rings is 1. The lowest BCUT2D eigenvalue weighted by Crippen LogP contribution is -2.37. The van der Waals surface area contributed by atoms with Crippen LogP contribution in [0.15, 0.2) is 22.7 Å². The number of thioether (sulfide) groups is 1. The summed E-state index contributed by atoms with van der Waals surface area (Å²) in [6, 6.07) is 4.12. The lowest BCUT2D eigenvalue weighted by atomic mass is 10.3. The van der Waals surface area contributed by atoms with Crippen LogP contribution < -0.4 is 10.6 Å². The molecule has 2 aromatic heterocycles. The molecule has 0 bridgehead atoms. The smallest absolute Gasteiger partial charge is 0.166 e. The van der Waals surface area contributed by atoms with Gasteiger partial charge in [0.2, 0.25) is 0 Å². The van der Waals surface area contributed by atoms with Crippen molar-refractivity contribution in [3.63, 3.8) is 0 Å². The zero-order valence-corrected chi connectivity index (χ0v) is 19.1. The van der Waals surface area contributed by atoms with Gasteiger partial charge >= 0.3 is 0 Å². The SMILES string of the molecule is CCc1ncc(C)n1CCCNC(=S)NCCSCc1ccc(CN(C)C)o1. The third-order valence-corrected chi connectivity index (χ3v) is 5.53. The third kappa shape index (κ3) is 7.85. The van der Waals surface area contributed by atoms with Crippen molar-refractivity contribution in [3.05, 3.63) is 41.4 Å². The molecule has 2 N–H and O–H groups in total. The van der Waals surface area contributed by atoms with E-state index in [2.05, 4.69) is 51.1 Å². The van der Waals surface area contributed by atoms with Crippen LogP contribution >= 0.6 is 24.0 Å². The average molecular weight is 424 g/mol. The van der Waals surface area contributed by atoms with Gasteiger partial charge < -0.3 is 24.5 Å². The minimum Gasteiger partial charge on any atom is -0.464 e. The monoisotopic (exact) mass is 423 g/mol. The molecule has 2 heterocycles. The van der Waals surface area contributed by atoms with Crippen molar-refractivity contribution in [1.29, 1.82) is 0 Å². The number of aryl methyl sites for hydroxylation is 2. The molecule has 0 amide bonds. The summed E-state index contributed by atoms with van der Waals surface area (Å²) < 4.78 is 8.10. The second kappa shape index (κ2) is 12.1. The van der Waals surface area contributed by atoms with E-state index in [9.17, 15) is 0 Å². The van der Waals surface area contributed by atoms with Crippen molar-refractivity contribution in [2.75, 3.05) is 32.9 Å². The summed E-state index contributed by atoms with van der Waals surface area (Å²) in [5.41, 5.74) is 1.22. The van der Waals surface area contributed by atoms with Gasteiger partial charge in [0.05, 0.1) is 12.3 Å². The summed E-state index contributed by atoms with van der Waals surface area (Å²) >= 11 is 7.20. The van der Waals surface area contributed by atoms with E-state index in [4.69, 9.17) is 16.6 Å². The van der Waals surface area contributed by atoms with E-state index in [0.29, 0.717) is 0 Å². The Kier molecular flexibility index (Phi) is 9.87. The molecule has 8 heteroatoms. The average Bonchev–Trinajstić information content (AvgIpc) is 3.24. The maximum Gasteiger partial charge on any atom is 0.166 e. The maximum absolute atomic E-state index is 5.82. The third-order valence-electron chi connectivity index (χ3n) is 4.26. The molecular weight excluding hydrogens is 390 g/mol. The van der Waals surface area contributed by atoms with Crippen LogP contribution in [0.3, 0.4) is 0 Å². The molecule has 0 radical (unpaired) electrons. The van der Waals surface area contributed by atoms with E-state index < -0.39 is 0 Å². The number of thiocarbonyl (C=S) groups is 1. The Bertz CT molecular complexity index is 726. The van der Waals surface area contributed by atoms with E-state index >= 15 is 0 Å². The molecule has 0 atom stereocenters. The normalized spacial score (nSPS) is 11.2. The number of nitrogens with zero attached hydrogens (tertiary/aromatic N) is 3. The lowest BCUT2D eigenvalue weighted by Gasteiger charge is -2.12. The van der Waals surface area contributed by atoms with Crippen LogP contribution in [-0.4, -0.2) is 52.5 Å². The summed E-state index contributed by atoms with van der Waals surface area (Å²) in [4.78, 5) is 6.54. The number of hydrogen-bond acceptors (Lipinski definition) is 5. The molecular formula is C20H33N5OS2. The lowest BCUT2D eigenvalue weighted by molar-refractivity contribution is 0.344. The van der Waals surface area contributed by atoms with Crippen LogP contribution in [0, 0.1) is 6.92 Å². The number of nitrogens with one attached hydrogen (secondary N) is 2. The zero-order chi connectivity index (χ0) is 20.4. The first-order valence-corrected chi connectivity index (χ1v) is 11.4. The fourth-order valence-electron chi connectivity index (χ4n) is 2.91. The molecule has 28 heavy (non-hydrogen) atoms. The Balaban J connectivity index is 1.52. The van der Waals surface area contributed by atoms with Crippen LogP contribution in [-0.2, 0) is 25.3 Å². The molecule has 2 aromatic rings. The highest BCUT2D eigenvalue weighted by atomic mass is 32.2. The van der Waals surface area contributed by atoms with Gasteiger partial charge in [-0.05, 0) is 51.8 Å². The molecule has 0 aliphatic heterocycles. The van der Waals surface area contributed by atoms with Gasteiger partial charge in [0.1, 0.15) is 17.3 Å². The zero-order valence-electron chi connectivity index (χ0n) is 17.5. The minimum absolute atomic E-state index is 0.727. The van der Waals surface area contributed by atoms with Gasteiger partial charge in [0.25, 0.3) is 0 Å². The van der Waals surface area contributed by atoms with Crippen molar-refractivity contribution < 1.29 is 4.42 Å². The van der Waals surface area contributed by atoms with Gasteiger partial charge in [0, 0.05) is 43.7 Å². The summed E-state index contributed by atoms with van der Waals surface area (Å²) in [5.74, 6) is 5.07. The van der Waals surface area contributed by atoms with Gasteiger partial charge in [-0.15, -0.1) is 0 Å². The Morgan fingerprint density at radius 2 is 2.00 bits per heavy atom. The predicted octanol–water partition coefficient (Wildman–Crippen LogP) is 3.20. The summed E-state index contributed by atoms with van der Waals surface area (Å²) in [7, 11) is 4.08. The highest BCUT2D eigenvalue weighted by Gasteiger charge is 2.05. The summed E-state index contributed by atoms with van der Waals surface area (Å²) in [6.45, 7) is 7.77. The molecule has 0 aliphatic carbocycles. The van der Waals surface area contributed by atoms with Crippen molar-refractivity contribution in [1.82, 2.24) is 25.1 Å². The number of aromatic nitrogens is 2. The Hall–Kier alpha value is -1.51. The highest BCUT2D eigenvalue weighted by molar-refractivity contribution is 7.98.